The number of hydrogen-bond donors (Lipinski definition) is 3. The van der Waals surface area contributed by atoms with E-state index in [4.69, 9.17) is 17.3 Å². The minimum Gasteiger partial charge on any atom is -0.390 e. The molecule has 8 nitrogen and oxygen atoms in total. The topological polar surface area (TPSA) is 120 Å². The summed E-state index contributed by atoms with van der Waals surface area (Å²) in [5.41, 5.74) is 9.16. The predicted molar refractivity (Wildman–Crippen MR) is 160 cm³/mol. The standard InChI is InChI=1S/C32H29ClF2N4O4/c1-14-17(6-5-7-24(14)39-30(41)20-11-16(34)12-22(35)28(20)38(4)31(39)42)25-21(33)13-19(29(36)40)27-26(25)18-9-8-15(32(2,3)43)10-23(18)37-27/h5-7,11-13,15,20,43H,8-10H2,1-4H3,(H2-,36,37,40)/p+1/t15-,20?/m0/s1. The minimum atomic E-state index is -1.32. The van der Waals surface area contributed by atoms with Crippen LogP contribution in [0.2, 0.25) is 5.02 Å². The number of fused-ring (bicyclic) bond motifs is 4. The minimum absolute atomic E-state index is 0.0118. The van der Waals surface area contributed by atoms with E-state index in [9.17, 15) is 28.3 Å². The SMILES string of the molecule is Cc1c(-c2c(Cl)cc(C(N)=O)c3[nH]c4c(c23)CC[C@H](C(C)(C)O)C4)cccc1N1C(=O)C2C=C(F)C=C(F)C2=[N+](C)C1=O. The number of halogens is 3. The number of benzene rings is 2. The number of amides is 4. The first-order valence-electron chi connectivity index (χ1n) is 13.9. The number of carbonyl (C=O) groups is 3. The van der Waals surface area contributed by atoms with Crippen molar-refractivity contribution in [2.45, 2.75) is 45.6 Å². The van der Waals surface area contributed by atoms with Gasteiger partial charge in [0.25, 0.3) is 5.91 Å². The van der Waals surface area contributed by atoms with Gasteiger partial charge in [-0.3, -0.25) is 4.79 Å². The quantitative estimate of drug-likeness (QED) is 0.332. The van der Waals surface area contributed by atoms with Gasteiger partial charge >= 0.3 is 11.9 Å². The smallest absolute Gasteiger partial charge is 0.390 e. The van der Waals surface area contributed by atoms with Crippen LogP contribution in [0.4, 0.5) is 19.3 Å². The summed E-state index contributed by atoms with van der Waals surface area (Å²) in [4.78, 5) is 43.9. The molecule has 4 amide bonds. The van der Waals surface area contributed by atoms with E-state index in [0.717, 1.165) is 26.8 Å². The number of nitrogens with one attached hydrogen (secondary N) is 1. The second-order valence-corrected chi connectivity index (χ2v) is 12.3. The van der Waals surface area contributed by atoms with Gasteiger partial charge < -0.3 is 15.8 Å². The Bertz CT molecular complexity index is 1880. The molecule has 43 heavy (non-hydrogen) atoms. The highest BCUT2D eigenvalue weighted by molar-refractivity contribution is 6.36. The number of hydrogen-bond acceptors (Lipinski definition) is 4. The average molecular weight is 608 g/mol. The highest BCUT2D eigenvalue weighted by Gasteiger charge is 2.50. The van der Waals surface area contributed by atoms with Crippen LogP contribution in [-0.2, 0) is 17.6 Å². The summed E-state index contributed by atoms with van der Waals surface area (Å²) in [6.07, 6.45) is 3.51. The van der Waals surface area contributed by atoms with E-state index in [1.807, 2.05) is 0 Å². The van der Waals surface area contributed by atoms with E-state index in [1.54, 1.807) is 39.0 Å². The Morgan fingerprint density at radius 2 is 1.98 bits per heavy atom. The molecule has 1 unspecified atom stereocenters. The van der Waals surface area contributed by atoms with Crippen LogP contribution >= 0.6 is 11.6 Å². The Morgan fingerprint density at radius 3 is 2.65 bits per heavy atom. The van der Waals surface area contributed by atoms with E-state index in [0.29, 0.717) is 52.9 Å². The summed E-state index contributed by atoms with van der Waals surface area (Å²) in [6.45, 7) is 5.29. The van der Waals surface area contributed by atoms with Gasteiger partial charge in [-0.15, -0.1) is 4.90 Å². The molecule has 0 saturated carbocycles. The molecule has 2 atom stereocenters. The fourth-order valence-electron chi connectivity index (χ4n) is 6.67. The van der Waals surface area contributed by atoms with Gasteiger partial charge in [-0.25, -0.2) is 13.6 Å². The lowest BCUT2D eigenvalue weighted by molar-refractivity contribution is -0.395. The molecule has 1 aliphatic heterocycles. The third-order valence-corrected chi connectivity index (χ3v) is 9.25. The monoisotopic (exact) mass is 607 g/mol. The number of aryl methyl sites for hydroxylation is 1. The first kappa shape index (κ1) is 28.9. The number of aromatic nitrogens is 1. The number of primary amides is 1. The number of carbonyl (C=O) groups excluding carboxylic acids is 3. The van der Waals surface area contributed by atoms with Crippen molar-refractivity contribution >= 4 is 51.7 Å². The predicted octanol–water partition coefficient (Wildman–Crippen LogP) is 5.66. The molecule has 6 rings (SSSR count). The zero-order chi connectivity index (χ0) is 31.1. The van der Waals surface area contributed by atoms with E-state index in [-0.39, 0.29) is 27.9 Å². The van der Waals surface area contributed by atoms with Crippen LogP contribution in [0.1, 0.15) is 47.4 Å². The summed E-state index contributed by atoms with van der Waals surface area (Å²) >= 11 is 6.88. The van der Waals surface area contributed by atoms with Gasteiger partial charge in [0.05, 0.1) is 23.7 Å². The van der Waals surface area contributed by atoms with Crippen LogP contribution in [0.5, 0.6) is 0 Å². The van der Waals surface area contributed by atoms with Crippen LogP contribution in [-0.4, -0.2) is 50.9 Å². The Balaban J connectivity index is 1.55. The van der Waals surface area contributed by atoms with Crippen LogP contribution in [0.25, 0.3) is 22.0 Å². The molecule has 222 valence electrons. The lowest BCUT2D eigenvalue weighted by atomic mass is 9.77. The summed E-state index contributed by atoms with van der Waals surface area (Å²) in [6, 6.07) is 5.77. The van der Waals surface area contributed by atoms with Crippen molar-refractivity contribution in [3.63, 3.8) is 0 Å². The first-order chi connectivity index (χ1) is 20.2. The molecule has 0 bridgehead atoms. The molecule has 4 N–H and O–H groups in total. The summed E-state index contributed by atoms with van der Waals surface area (Å²) in [5.74, 6) is -4.65. The third-order valence-electron chi connectivity index (χ3n) is 8.95. The average Bonchev–Trinajstić information content (AvgIpc) is 3.30. The Morgan fingerprint density at radius 1 is 1.26 bits per heavy atom. The first-order valence-corrected chi connectivity index (χ1v) is 14.3. The van der Waals surface area contributed by atoms with Crippen molar-refractivity contribution in [2.24, 2.45) is 17.6 Å². The molecule has 2 heterocycles. The van der Waals surface area contributed by atoms with E-state index in [2.05, 4.69) is 4.98 Å². The molecule has 2 aliphatic carbocycles. The summed E-state index contributed by atoms with van der Waals surface area (Å²) in [5, 5.41) is 11.7. The van der Waals surface area contributed by atoms with Crippen LogP contribution in [0.3, 0.4) is 0 Å². The molecule has 3 aromatic rings. The number of rotatable bonds is 4. The highest BCUT2D eigenvalue weighted by atomic mass is 35.5. The van der Waals surface area contributed by atoms with Crippen molar-refractivity contribution in [3.8, 4) is 11.1 Å². The number of aromatic amines is 1. The van der Waals surface area contributed by atoms with Gasteiger partial charge in [-0.1, -0.05) is 23.7 Å². The van der Waals surface area contributed by atoms with Gasteiger partial charge in [0, 0.05) is 33.3 Å². The molecule has 3 aliphatic rings. The Kier molecular flexibility index (Phi) is 6.70. The number of aliphatic hydroxyl groups is 1. The number of imide groups is 1. The van der Waals surface area contributed by atoms with Crippen molar-refractivity contribution in [1.29, 1.82) is 0 Å². The third kappa shape index (κ3) is 4.42. The number of allylic oxidation sites excluding steroid dienone is 3. The van der Waals surface area contributed by atoms with E-state index in [1.165, 1.54) is 13.1 Å². The largest absolute Gasteiger partial charge is 0.506 e. The van der Waals surface area contributed by atoms with Crippen molar-refractivity contribution in [3.05, 3.63) is 75.5 Å². The summed E-state index contributed by atoms with van der Waals surface area (Å²) in [7, 11) is 1.34. The highest BCUT2D eigenvalue weighted by Crippen LogP contribution is 2.46. The fourth-order valence-corrected chi connectivity index (χ4v) is 6.97. The van der Waals surface area contributed by atoms with E-state index < -0.39 is 41.0 Å². The number of nitrogens with zero attached hydrogens (tertiary/aromatic N) is 2. The maximum Gasteiger partial charge on any atom is 0.506 e. The van der Waals surface area contributed by atoms with Gasteiger partial charge in [0.15, 0.2) is 11.5 Å². The molecule has 2 aromatic carbocycles. The van der Waals surface area contributed by atoms with Crippen molar-refractivity contribution in [1.82, 2.24) is 4.98 Å². The Labute approximate surface area is 251 Å². The van der Waals surface area contributed by atoms with Gasteiger partial charge in [-0.05, 0) is 75.3 Å². The van der Waals surface area contributed by atoms with Crippen LogP contribution < -0.4 is 10.6 Å². The fraction of sp³-hybridized carbons (Fsp3) is 0.312. The van der Waals surface area contributed by atoms with Crippen molar-refractivity contribution < 1.29 is 32.8 Å². The second-order valence-electron chi connectivity index (χ2n) is 11.9. The molecule has 1 aromatic heterocycles. The second kappa shape index (κ2) is 9.96. The lowest BCUT2D eigenvalue weighted by Gasteiger charge is -2.32. The van der Waals surface area contributed by atoms with Gasteiger partial charge in [0.1, 0.15) is 17.4 Å². The molecule has 11 heteroatoms. The van der Waals surface area contributed by atoms with Gasteiger partial charge in [0.2, 0.25) is 0 Å². The van der Waals surface area contributed by atoms with Gasteiger partial charge in [-0.2, -0.15) is 9.37 Å². The normalized spacial score (nSPS) is 20.7. The Hall–Kier alpha value is -4.15. The number of anilines is 1. The maximum atomic E-state index is 14.7. The number of nitrogens with two attached hydrogens (primary N) is 1. The number of H-pyrrole nitrogens is 1. The lowest BCUT2D eigenvalue weighted by Crippen LogP contribution is -2.54. The van der Waals surface area contributed by atoms with E-state index >= 15 is 0 Å². The zero-order valence-corrected chi connectivity index (χ0v) is 24.8. The van der Waals surface area contributed by atoms with Crippen LogP contribution in [0, 0.1) is 18.8 Å². The van der Waals surface area contributed by atoms with Crippen LogP contribution in [0.15, 0.2) is 48.1 Å². The molecule has 0 radical (unpaired) electrons. The molecule has 0 spiro atoms. The zero-order valence-electron chi connectivity index (χ0n) is 24.0. The summed E-state index contributed by atoms with van der Waals surface area (Å²) < 4.78 is 29.8. The number of urea groups is 1. The maximum absolute atomic E-state index is 14.7. The molecular formula is C32H30ClF2N4O4+. The molecule has 0 fully saturated rings. The molecule has 0 saturated heterocycles. The van der Waals surface area contributed by atoms with Crippen molar-refractivity contribution in [2.75, 3.05) is 11.9 Å². The molecular weight excluding hydrogens is 578 g/mol.